The Morgan fingerprint density at radius 2 is 1.36 bits per heavy atom. The number of Topliss-reactive ketones (excluding diaryl/α,β-unsaturated/α-hetero) is 1. The largest absolute Gasteiger partial charge is 0.459 e. The Hall–Kier alpha value is -0.820. The molecule has 0 aromatic rings. The van der Waals surface area contributed by atoms with Crippen LogP contribution in [-0.4, -0.2) is 23.8 Å². The fourth-order valence-corrected chi connectivity index (χ4v) is 0.631. The molecule has 0 heterocycles. The summed E-state index contributed by atoms with van der Waals surface area (Å²) < 4.78 is 82.9. The Morgan fingerprint density at radius 3 is 1.57 bits per heavy atom. The summed E-state index contributed by atoms with van der Waals surface area (Å²) in [5, 5.41) is 0. The summed E-state index contributed by atoms with van der Waals surface area (Å²) in [4.78, 5) is 10.1. The van der Waals surface area contributed by atoms with E-state index in [1.54, 1.807) is 0 Å². The number of hydrogen-bond acceptors (Lipinski definition) is 1. The van der Waals surface area contributed by atoms with Crippen LogP contribution in [0.3, 0.4) is 0 Å². The van der Waals surface area contributed by atoms with Crippen LogP contribution in [0.5, 0.6) is 0 Å². The molecule has 1 nitrogen and oxygen atoms in total. The molecule has 0 saturated carbocycles. The van der Waals surface area contributed by atoms with Gasteiger partial charge in [-0.2, -0.15) is 30.7 Å². The van der Waals surface area contributed by atoms with Crippen molar-refractivity contribution in [2.45, 2.75) is 31.4 Å². The van der Waals surface area contributed by atoms with Crippen molar-refractivity contribution < 1.29 is 35.5 Å². The van der Waals surface area contributed by atoms with Crippen molar-refractivity contribution >= 4 is 5.78 Å². The van der Waals surface area contributed by atoms with Crippen molar-refractivity contribution in [3.05, 3.63) is 0 Å². The predicted molar refractivity (Wildman–Crippen MR) is 31.2 cm³/mol. The van der Waals surface area contributed by atoms with Crippen LogP contribution < -0.4 is 0 Å². The summed E-state index contributed by atoms with van der Waals surface area (Å²) >= 11 is 0. The second-order valence-corrected chi connectivity index (χ2v) is 2.66. The van der Waals surface area contributed by atoms with E-state index in [9.17, 15) is 35.5 Å². The molecule has 0 radical (unpaired) electrons. The van der Waals surface area contributed by atoms with E-state index in [1.165, 1.54) is 0 Å². The number of halogens is 7. The van der Waals surface area contributed by atoms with E-state index in [1.807, 2.05) is 0 Å². The standard InChI is InChI=1S/C6H5F7O/c1-3(14)2-4(7,8)5(9,10)6(11,12)13/h2H2,1H3. The van der Waals surface area contributed by atoms with E-state index in [2.05, 4.69) is 0 Å². The summed E-state index contributed by atoms with van der Waals surface area (Å²) in [6, 6.07) is 0. The predicted octanol–water partition coefficient (Wildman–Crippen LogP) is 2.80. The van der Waals surface area contributed by atoms with Gasteiger partial charge in [0.05, 0.1) is 6.42 Å². The lowest BCUT2D eigenvalue weighted by molar-refractivity contribution is -0.353. The Kier molecular flexibility index (Phi) is 3.19. The summed E-state index contributed by atoms with van der Waals surface area (Å²) in [6.45, 7) is 0.500. The van der Waals surface area contributed by atoms with Crippen LogP contribution in [0.2, 0.25) is 0 Å². The summed E-state index contributed by atoms with van der Waals surface area (Å²) in [5.74, 6) is -13.0. The topological polar surface area (TPSA) is 17.1 Å². The van der Waals surface area contributed by atoms with Crippen LogP contribution in [0.4, 0.5) is 30.7 Å². The molecule has 14 heavy (non-hydrogen) atoms. The average Bonchev–Trinajstić information content (AvgIpc) is 1.80. The maximum absolute atomic E-state index is 12.3. The van der Waals surface area contributed by atoms with Crippen molar-refractivity contribution in [1.29, 1.82) is 0 Å². The third-order valence-electron chi connectivity index (χ3n) is 1.29. The lowest BCUT2D eigenvalue weighted by atomic mass is 10.1. The minimum atomic E-state index is -6.37. The molecule has 0 aromatic heterocycles. The maximum Gasteiger partial charge on any atom is 0.459 e. The molecule has 0 fully saturated rings. The van der Waals surface area contributed by atoms with Crippen molar-refractivity contribution in [2.75, 3.05) is 0 Å². The summed E-state index contributed by atoms with van der Waals surface area (Å²) in [6.07, 6.45) is -8.51. The van der Waals surface area contributed by atoms with Gasteiger partial charge in [0, 0.05) is 0 Å². The van der Waals surface area contributed by atoms with Crippen LogP contribution >= 0.6 is 0 Å². The van der Waals surface area contributed by atoms with Gasteiger partial charge in [0.15, 0.2) is 0 Å². The first kappa shape index (κ1) is 13.2. The van der Waals surface area contributed by atoms with Gasteiger partial charge in [-0.3, -0.25) is 4.79 Å². The SMILES string of the molecule is CC(=O)CC(F)(F)C(F)(F)C(F)(F)F. The lowest BCUT2D eigenvalue weighted by Gasteiger charge is -2.27. The third kappa shape index (κ3) is 2.36. The highest BCUT2D eigenvalue weighted by Gasteiger charge is 2.72. The first-order valence-corrected chi connectivity index (χ1v) is 3.23. The summed E-state index contributed by atoms with van der Waals surface area (Å²) in [7, 11) is 0. The highest BCUT2D eigenvalue weighted by Crippen LogP contribution is 2.47. The first-order valence-electron chi connectivity index (χ1n) is 3.23. The smallest absolute Gasteiger partial charge is 0.300 e. The van der Waals surface area contributed by atoms with E-state index in [-0.39, 0.29) is 0 Å². The fraction of sp³-hybridized carbons (Fsp3) is 0.833. The van der Waals surface area contributed by atoms with Gasteiger partial charge in [0.2, 0.25) is 0 Å². The molecule has 0 amide bonds. The van der Waals surface area contributed by atoms with Gasteiger partial charge in [-0.05, 0) is 6.92 Å². The van der Waals surface area contributed by atoms with Crippen molar-refractivity contribution in [2.24, 2.45) is 0 Å². The molecular weight excluding hydrogens is 221 g/mol. The Labute approximate surface area is 73.9 Å². The Bertz CT molecular complexity index is 229. The van der Waals surface area contributed by atoms with E-state index in [0.717, 1.165) is 0 Å². The normalized spacial score (nSPS) is 14.3. The first-order chi connectivity index (χ1) is 5.92. The third-order valence-corrected chi connectivity index (χ3v) is 1.29. The van der Waals surface area contributed by atoms with Crippen LogP contribution in [0.15, 0.2) is 0 Å². The van der Waals surface area contributed by atoms with Crippen molar-refractivity contribution in [3.8, 4) is 0 Å². The number of carbonyl (C=O) groups is 1. The quantitative estimate of drug-likeness (QED) is 0.676. The van der Waals surface area contributed by atoms with Gasteiger partial charge in [0.1, 0.15) is 5.78 Å². The van der Waals surface area contributed by atoms with Crippen LogP contribution in [0.25, 0.3) is 0 Å². The molecule has 0 N–H and O–H groups in total. The van der Waals surface area contributed by atoms with Crippen LogP contribution in [0, 0.1) is 0 Å². The molecule has 0 bridgehead atoms. The van der Waals surface area contributed by atoms with Crippen LogP contribution in [0.1, 0.15) is 13.3 Å². The van der Waals surface area contributed by atoms with Crippen molar-refractivity contribution in [1.82, 2.24) is 0 Å². The number of hydrogen-bond donors (Lipinski definition) is 0. The number of rotatable bonds is 3. The number of ketones is 1. The Morgan fingerprint density at radius 1 is 1.00 bits per heavy atom. The molecule has 0 aliphatic rings. The van der Waals surface area contributed by atoms with Gasteiger partial charge < -0.3 is 0 Å². The monoisotopic (exact) mass is 226 g/mol. The molecule has 84 valence electrons. The minimum Gasteiger partial charge on any atom is -0.300 e. The molecule has 8 heteroatoms. The van der Waals surface area contributed by atoms with E-state index < -0.39 is 30.2 Å². The molecule has 0 spiro atoms. The van der Waals surface area contributed by atoms with Gasteiger partial charge in [-0.1, -0.05) is 0 Å². The zero-order valence-electron chi connectivity index (χ0n) is 6.76. The highest BCUT2D eigenvalue weighted by molar-refractivity contribution is 5.76. The second-order valence-electron chi connectivity index (χ2n) is 2.66. The number of alkyl halides is 7. The van der Waals surface area contributed by atoms with E-state index in [4.69, 9.17) is 0 Å². The fourth-order valence-electron chi connectivity index (χ4n) is 0.631. The molecule has 0 aromatic carbocycles. The molecule has 0 rings (SSSR count). The second kappa shape index (κ2) is 3.39. The highest BCUT2D eigenvalue weighted by atomic mass is 19.4. The summed E-state index contributed by atoms with van der Waals surface area (Å²) in [5.41, 5.74) is 0. The maximum atomic E-state index is 12.3. The average molecular weight is 226 g/mol. The molecule has 0 unspecified atom stereocenters. The lowest BCUT2D eigenvalue weighted by Crippen LogP contribution is -2.52. The van der Waals surface area contributed by atoms with Gasteiger partial charge >= 0.3 is 18.0 Å². The van der Waals surface area contributed by atoms with Gasteiger partial charge in [-0.25, -0.2) is 0 Å². The zero-order valence-corrected chi connectivity index (χ0v) is 6.76. The van der Waals surface area contributed by atoms with E-state index >= 15 is 0 Å². The van der Waals surface area contributed by atoms with Crippen molar-refractivity contribution in [3.63, 3.8) is 0 Å². The molecule has 0 aliphatic heterocycles. The van der Waals surface area contributed by atoms with Crippen LogP contribution in [-0.2, 0) is 4.79 Å². The molecular formula is C6H5F7O. The molecule has 0 atom stereocenters. The van der Waals surface area contributed by atoms with Gasteiger partial charge in [-0.15, -0.1) is 0 Å². The molecule has 0 aliphatic carbocycles. The number of carbonyl (C=O) groups excluding carboxylic acids is 1. The zero-order chi connectivity index (χ0) is 11.8. The Balaban J connectivity index is 4.97. The van der Waals surface area contributed by atoms with E-state index in [0.29, 0.717) is 6.92 Å². The minimum absolute atomic E-state index is 0.500. The molecule has 0 saturated heterocycles. The van der Waals surface area contributed by atoms with Gasteiger partial charge in [0.25, 0.3) is 0 Å².